The van der Waals surface area contributed by atoms with Gasteiger partial charge in [-0.05, 0) is 35.6 Å². The van der Waals surface area contributed by atoms with Crippen molar-refractivity contribution in [2.75, 3.05) is 13.7 Å². The summed E-state index contributed by atoms with van der Waals surface area (Å²) in [6.45, 7) is 2.38. The molecule has 0 aliphatic rings. The second-order valence-corrected chi connectivity index (χ2v) is 6.94. The molecule has 5 nitrogen and oxygen atoms in total. The summed E-state index contributed by atoms with van der Waals surface area (Å²) in [6.07, 6.45) is 3.73. The summed E-state index contributed by atoms with van der Waals surface area (Å²) in [5.41, 5.74) is 4.45. The molecule has 5 heteroatoms. The number of carbonyl (C=O) groups is 2. The average molecular weight is 378 g/mol. The second-order valence-electron chi connectivity index (χ2n) is 6.94. The maximum absolute atomic E-state index is 12.2. The lowest BCUT2D eigenvalue weighted by atomic mass is 10.1. The summed E-state index contributed by atoms with van der Waals surface area (Å²) in [6, 6.07) is 16.2. The van der Waals surface area contributed by atoms with Crippen LogP contribution in [0.3, 0.4) is 0 Å². The Labute approximate surface area is 165 Å². The van der Waals surface area contributed by atoms with Crippen LogP contribution in [0, 0.1) is 0 Å². The fourth-order valence-corrected chi connectivity index (χ4v) is 3.14. The van der Waals surface area contributed by atoms with Gasteiger partial charge in [-0.3, -0.25) is 9.59 Å². The van der Waals surface area contributed by atoms with Crippen LogP contribution in [0.5, 0.6) is 0 Å². The van der Waals surface area contributed by atoms with Crippen LogP contribution in [0.2, 0.25) is 0 Å². The molecule has 0 atom stereocenters. The van der Waals surface area contributed by atoms with Gasteiger partial charge in [-0.1, -0.05) is 49.4 Å². The molecule has 1 aromatic heterocycles. The van der Waals surface area contributed by atoms with E-state index in [9.17, 15) is 9.59 Å². The van der Waals surface area contributed by atoms with Gasteiger partial charge in [0.05, 0.1) is 0 Å². The molecule has 3 aromatic rings. The van der Waals surface area contributed by atoms with Crippen molar-refractivity contribution in [2.24, 2.45) is 0 Å². The number of aromatic nitrogens is 1. The highest BCUT2D eigenvalue weighted by atomic mass is 16.5. The predicted molar refractivity (Wildman–Crippen MR) is 110 cm³/mol. The Hall–Kier alpha value is -3.08. The third kappa shape index (κ3) is 5.00. The Balaban J connectivity index is 1.43. The first-order valence-electron chi connectivity index (χ1n) is 9.59. The van der Waals surface area contributed by atoms with Crippen LogP contribution in [0.25, 0.3) is 10.9 Å². The van der Waals surface area contributed by atoms with Gasteiger partial charge in [0.25, 0.3) is 5.91 Å². The summed E-state index contributed by atoms with van der Waals surface area (Å²) in [5.74, 6) is -0.570. The van der Waals surface area contributed by atoms with E-state index in [2.05, 4.69) is 24.0 Å². The topological polar surface area (TPSA) is 62.4 Å². The van der Waals surface area contributed by atoms with Gasteiger partial charge < -0.3 is 14.6 Å². The largest absolute Gasteiger partial charge is 0.456 e. The molecule has 0 spiro atoms. The first-order valence-corrected chi connectivity index (χ1v) is 9.59. The molecule has 1 N–H and O–H groups in total. The summed E-state index contributed by atoms with van der Waals surface area (Å²) < 4.78 is 5.17. The van der Waals surface area contributed by atoms with Crippen LogP contribution in [0.4, 0.5) is 0 Å². The number of likely N-dealkylation sites (N-methyl/N-ethyl adjacent to an activating group) is 1. The first kappa shape index (κ1) is 19.7. The van der Waals surface area contributed by atoms with Crippen LogP contribution < -0.4 is 0 Å². The minimum Gasteiger partial charge on any atom is -0.456 e. The van der Waals surface area contributed by atoms with E-state index < -0.39 is 0 Å². The Morgan fingerprint density at radius 1 is 1.04 bits per heavy atom. The molecule has 0 saturated carbocycles. The number of ether oxygens (including phenoxy) is 1. The smallest absolute Gasteiger partial charge is 0.306 e. The van der Waals surface area contributed by atoms with E-state index in [0.717, 1.165) is 28.5 Å². The molecule has 0 radical (unpaired) electrons. The van der Waals surface area contributed by atoms with E-state index in [1.807, 2.05) is 42.6 Å². The van der Waals surface area contributed by atoms with Gasteiger partial charge in [0, 0.05) is 37.1 Å². The van der Waals surface area contributed by atoms with E-state index in [4.69, 9.17) is 4.74 Å². The van der Waals surface area contributed by atoms with Crippen molar-refractivity contribution in [1.29, 1.82) is 0 Å². The fraction of sp³-hybridized carbons (Fsp3) is 0.304. The number of aromatic amines is 1. The Bertz CT molecular complexity index is 944. The number of nitrogens with zero attached hydrogens (tertiary/aromatic N) is 1. The van der Waals surface area contributed by atoms with E-state index in [-0.39, 0.29) is 24.9 Å². The quantitative estimate of drug-likeness (QED) is 0.606. The molecule has 0 aliphatic carbocycles. The number of nitrogens with one attached hydrogen (secondary N) is 1. The monoisotopic (exact) mass is 378 g/mol. The molecule has 1 amide bonds. The molecular formula is C23H26N2O3. The zero-order chi connectivity index (χ0) is 19.9. The molecule has 0 fully saturated rings. The molecule has 2 aromatic carbocycles. The highest BCUT2D eigenvalue weighted by Gasteiger charge is 2.13. The van der Waals surface area contributed by atoms with E-state index in [1.54, 1.807) is 11.9 Å². The van der Waals surface area contributed by atoms with Crippen LogP contribution in [0.15, 0.2) is 54.7 Å². The minimum absolute atomic E-state index is 0.208. The van der Waals surface area contributed by atoms with Crippen molar-refractivity contribution in [3.05, 3.63) is 71.4 Å². The van der Waals surface area contributed by atoms with Crippen molar-refractivity contribution in [2.45, 2.75) is 32.7 Å². The summed E-state index contributed by atoms with van der Waals surface area (Å²) in [4.78, 5) is 29.0. The number of hydrogen-bond acceptors (Lipinski definition) is 3. The molecule has 0 unspecified atom stereocenters. The number of benzene rings is 2. The summed E-state index contributed by atoms with van der Waals surface area (Å²) >= 11 is 0. The second kappa shape index (κ2) is 9.22. The molecule has 0 aliphatic heterocycles. The number of rotatable bonds is 8. The lowest BCUT2D eigenvalue weighted by Crippen LogP contribution is -2.30. The number of H-pyrrole nitrogens is 1. The number of carbonyl (C=O) groups excluding carboxylic acids is 2. The van der Waals surface area contributed by atoms with Gasteiger partial charge in [-0.15, -0.1) is 0 Å². The van der Waals surface area contributed by atoms with E-state index in [0.29, 0.717) is 13.0 Å². The van der Waals surface area contributed by atoms with Gasteiger partial charge in [0.15, 0.2) is 6.61 Å². The zero-order valence-corrected chi connectivity index (χ0v) is 16.4. The maximum atomic E-state index is 12.2. The SMILES string of the molecule is CCc1ccc(CN(C)C(=O)COC(=O)CCc2c[nH]c3ccccc23)cc1. The van der Waals surface area contributed by atoms with Gasteiger partial charge in [-0.2, -0.15) is 0 Å². The van der Waals surface area contributed by atoms with Crippen molar-refractivity contribution in [3.63, 3.8) is 0 Å². The number of amides is 1. The maximum Gasteiger partial charge on any atom is 0.306 e. The third-order valence-electron chi connectivity index (χ3n) is 4.91. The predicted octanol–water partition coefficient (Wildman–Crippen LogP) is 3.86. The molecule has 28 heavy (non-hydrogen) atoms. The zero-order valence-electron chi connectivity index (χ0n) is 16.4. The summed E-state index contributed by atoms with van der Waals surface area (Å²) in [7, 11) is 1.72. The van der Waals surface area contributed by atoms with E-state index in [1.165, 1.54) is 5.56 Å². The highest BCUT2D eigenvalue weighted by Crippen LogP contribution is 2.19. The standard InChI is InChI=1S/C23H26N2O3/c1-3-17-8-10-18(11-9-17)15-25(2)22(26)16-28-23(27)13-12-19-14-24-21-7-5-4-6-20(19)21/h4-11,14,24H,3,12-13,15-16H2,1-2H3. The molecule has 146 valence electrons. The normalized spacial score (nSPS) is 10.8. The van der Waals surface area contributed by atoms with Crippen molar-refractivity contribution >= 4 is 22.8 Å². The van der Waals surface area contributed by atoms with Crippen LogP contribution in [0.1, 0.15) is 30.0 Å². The Morgan fingerprint density at radius 3 is 2.50 bits per heavy atom. The molecule has 3 rings (SSSR count). The van der Waals surface area contributed by atoms with Gasteiger partial charge in [0.2, 0.25) is 0 Å². The van der Waals surface area contributed by atoms with E-state index >= 15 is 0 Å². The number of fused-ring (bicyclic) bond motifs is 1. The van der Waals surface area contributed by atoms with Crippen LogP contribution in [-0.4, -0.2) is 35.4 Å². The molecule has 1 heterocycles. The van der Waals surface area contributed by atoms with Crippen LogP contribution in [-0.2, 0) is 33.7 Å². The van der Waals surface area contributed by atoms with Crippen LogP contribution >= 0.6 is 0 Å². The number of aryl methyl sites for hydroxylation is 2. The number of hydrogen-bond donors (Lipinski definition) is 1. The Kier molecular flexibility index (Phi) is 6.48. The first-order chi connectivity index (χ1) is 13.6. The Morgan fingerprint density at radius 2 is 1.75 bits per heavy atom. The minimum atomic E-state index is -0.362. The van der Waals surface area contributed by atoms with Gasteiger partial charge in [-0.25, -0.2) is 0 Å². The lowest BCUT2D eigenvalue weighted by molar-refractivity contribution is -0.151. The van der Waals surface area contributed by atoms with Crippen molar-refractivity contribution in [3.8, 4) is 0 Å². The third-order valence-corrected chi connectivity index (χ3v) is 4.91. The molecule has 0 bridgehead atoms. The van der Waals surface area contributed by atoms with Gasteiger partial charge >= 0.3 is 5.97 Å². The average Bonchev–Trinajstić information content (AvgIpc) is 3.14. The lowest BCUT2D eigenvalue weighted by Gasteiger charge is -2.17. The number of para-hydroxylation sites is 1. The van der Waals surface area contributed by atoms with Gasteiger partial charge in [0.1, 0.15) is 0 Å². The van der Waals surface area contributed by atoms with Crippen molar-refractivity contribution < 1.29 is 14.3 Å². The summed E-state index contributed by atoms with van der Waals surface area (Å²) in [5, 5.41) is 1.11. The number of esters is 1. The fourth-order valence-electron chi connectivity index (χ4n) is 3.14. The van der Waals surface area contributed by atoms with Crippen molar-refractivity contribution in [1.82, 2.24) is 9.88 Å². The highest BCUT2D eigenvalue weighted by molar-refractivity contribution is 5.84. The molecule has 0 saturated heterocycles. The molecular weight excluding hydrogens is 352 g/mol.